The van der Waals surface area contributed by atoms with E-state index in [1.807, 2.05) is 7.05 Å². The largest absolute Gasteiger partial charge is 0.448 e. The van der Waals surface area contributed by atoms with E-state index < -0.39 is 0 Å². The van der Waals surface area contributed by atoms with E-state index in [0.29, 0.717) is 12.0 Å². The van der Waals surface area contributed by atoms with Gasteiger partial charge in [-0.15, -0.1) is 0 Å². The Morgan fingerprint density at radius 2 is 2.22 bits per heavy atom. The second-order valence-electron chi connectivity index (χ2n) is 5.55. The standard InChI is InChI=1S/C14H25N3O/c1-10(2)17-7-5-6-12(8-17)14-16-13(9-18-14)11(3)15-4/h9-12,15H,5-8H2,1-4H3. The highest BCUT2D eigenvalue weighted by molar-refractivity contribution is 5.06. The molecule has 1 saturated heterocycles. The number of oxazole rings is 1. The number of aromatic nitrogens is 1. The second kappa shape index (κ2) is 5.85. The van der Waals surface area contributed by atoms with Crippen molar-refractivity contribution in [3.8, 4) is 0 Å². The van der Waals surface area contributed by atoms with Gasteiger partial charge >= 0.3 is 0 Å². The number of nitrogens with zero attached hydrogens (tertiary/aromatic N) is 2. The number of likely N-dealkylation sites (tertiary alicyclic amines) is 1. The lowest BCUT2D eigenvalue weighted by Crippen LogP contribution is -2.39. The van der Waals surface area contributed by atoms with Crippen LogP contribution in [0.15, 0.2) is 10.7 Å². The van der Waals surface area contributed by atoms with Crippen LogP contribution in [0.25, 0.3) is 0 Å². The average Bonchev–Trinajstić information content (AvgIpc) is 2.87. The van der Waals surface area contributed by atoms with Crippen molar-refractivity contribution < 1.29 is 4.42 Å². The lowest BCUT2D eigenvalue weighted by atomic mass is 9.97. The first kappa shape index (κ1) is 13.6. The van der Waals surface area contributed by atoms with Crippen molar-refractivity contribution in [1.29, 1.82) is 0 Å². The van der Waals surface area contributed by atoms with Crippen molar-refractivity contribution >= 4 is 0 Å². The molecule has 1 aromatic heterocycles. The molecule has 1 aromatic rings. The first-order valence-electron chi connectivity index (χ1n) is 6.98. The fourth-order valence-corrected chi connectivity index (χ4v) is 2.51. The van der Waals surface area contributed by atoms with E-state index in [0.717, 1.165) is 18.1 Å². The normalized spacial score (nSPS) is 23.5. The molecule has 0 saturated carbocycles. The topological polar surface area (TPSA) is 41.3 Å². The zero-order valence-electron chi connectivity index (χ0n) is 11.9. The maximum Gasteiger partial charge on any atom is 0.198 e. The van der Waals surface area contributed by atoms with E-state index >= 15 is 0 Å². The summed E-state index contributed by atoms with van der Waals surface area (Å²) in [7, 11) is 1.94. The van der Waals surface area contributed by atoms with Gasteiger partial charge in [-0.05, 0) is 47.2 Å². The third-order valence-electron chi connectivity index (χ3n) is 3.95. The quantitative estimate of drug-likeness (QED) is 0.893. The second-order valence-corrected chi connectivity index (χ2v) is 5.55. The van der Waals surface area contributed by atoms with Gasteiger partial charge in [-0.1, -0.05) is 0 Å². The van der Waals surface area contributed by atoms with Crippen LogP contribution in [0.4, 0.5) is 0 Å². The lowest BCUT2D eigenvalue weighted by molar-refractivity contribution is 0.157. The number of hydrogen-bond donors (Lipinski definition) is 1. The van der Waals surface area contributed by atoms with Gasteiger partial charge < -0.3 is 14.6 Å². The summed E-state index contributed by atoms with van der Waals surface area (Å²) >= 11 is 0. The Morgan fingerprint density at radius 1 is 1.44 bits per heavy atom. The molecule has 4 nitrogen and oxygen atoms in total. The zero-order valence-corrected chi connectivity index (χ0v) is 11.9. The molecule has 0 spiro atoms. The van der Waals surface area contributed by atoms with Crippen LogP contribution in [0.1, 0.15) is 57.2 Å². The third kappa shape index (κ3) is 2.93. The predicted octanol–water partition coefficient (Wildman–Crippen LogP) is 2.54. The summed E-state index contributed by atoms with van der Waals surface area (Å²) < 4.78 is 5.68. The van der Waals surface area contributed by atoms with Gasteiger partial charge in [0.15, 0.2) is 5.89 Å². The van der Waals surface area contributed by atoms with Crippen LogP contribution < -0.4 is 5.32 Å². The molecular formula is C14H25N3O. The molecule has 1 aliphatic heterocycles. The Hall–Kier alpha value is -0.870. The summed E-state index contributed by atoms with van der Waals surface area (Å²) in [6, 6.07) is 0.866. The molecule has 1 N–H and O–H groups in total. The lowest BCUT2D eigenvalue weighted by Gasteiger charge is -2.34. The summed E-state index contributed by atoms with van der Waals surface area (Å²) in [5.41, 5.74) is 1.01. The van der Waals surface area contributed by atoms with Crippen LogP contribution >= 0.6 is 0 Å². The van der Waals surface area contributed by atoms with Gasteiger partial charge in [0.25, 0.3) is 0 Å². The van der Waals surface area contributed by atoms with E-state index in [1.165, 1.54) is 19.4 Å². The molecule has 0 aliphatic carbocycles. The van der Waals surface area contributed by atoms with Gasteiger partial charge in [-0.2, -0.15) is 0 Å². The Bertz CT molecular complexity index is 375. The van der Waals surface area contributed by atoms with E-state index in [2.05, 4.69) is 36.0 Å². The van der Waals surface area contributed by atoms with Crippen LogP contribution in [0, 0.1) is 0 Å². The van der Waals surface area contributed by atoms with E-state index in [1.54, 1.807) is 6.26 Å². The number of piperidine rings is 1. The fourth-order valence-electron chi connectivity index (χ4n) is 2.51. The van der Waals surface area contributed by atoms with Crippen molar-refractivity contribution in [2.75, 3.05) is 20.1 Å². The predicted molar refractivity (Wildman–Crippen MR) is 72.7 cm³/mol. The van der Waals surface area contributed by atoms with Crippen molar-refractivity contribution in [2.45, 2.75) is 51.6 Å². The molecule has 2 unspecified atom stereocenters. The van der Waals surface area contributed by atoms with Gasteiger partial charge in [0, 0.05) is 24.5 Å². The molecule has 1 aliphatic rings. The van der Waals surface area contributed by atoms with Crippen LogP contribution in [-0.4, -0.2) is 36.1 Å². The molecule has 2 rings (SSSR count). The van der Waals surface area contributed by atoms with Crippen LogP contribution in [0.2, 0.25) is 0 Å². The maximum atomic E-state index is 5.68. The van der Waals surface area contributed by atoms with Crippen molar-refractivity contribution in [2.24, 2.45) is 0 Å². The third-order valence-corrected chi connectivity index (χ3v) is 3.95. The molecule has 0 aromatic carbocycles. The van der Waals surface area contributed by atoms with Gasteiger partial charge in [0.05, 0.1) is 5.69 Å². The zero-order chi connectivity index (χ0) is 13.1. The number of hydrogen-bond acceptors (Lipinski definition) is 4. The minimum Gasteiger partial charge on any atom is -0.448 e. The van der Waals surface area contributed by atoms with Crippen molar-refractivity contribution in [3.05, 3.63) is 17.8 Å². The molecule has 2 atom stereocenters. The van der Waals surface area contributed by atoms with Crippen LogP contribution in [0.3, 0.4) is 0 Å². The van der Waals surface area contributed by atoms with Crippen molar-refractivity contribution in [3.63, 3.8) is 0 Å². The summed E-state index contributed by atoms with van der Waals surface area (Å²) in [5.74, 6) is 1.37. The number of rotatable bonds is 4. The summed E-state index contributed by atoms with van der Waals surface area (Å²) in [4.78, 5) is 7.16. The molecule has 2 heterocycles. The highest BCUT2D eigenvalue weighted by Crippen LogP contribution is 2.28. The molecule has 0 amide bonds. The molecule has 0 bridgehead atoms. The minimum absolute atomic E-state index is 0.257. The van der Waals surface area contributed by atoms with E-state index in [-0.39, 0.29) is 6.04 Å². The number of nitrogens with one attached hydrogen (secondary N) is 1. The van der Waals surface area contributed by atoms with Crippen LogP contribution in [-0.2, 0) is 0 Å². The van der Waals surface area contributed by atoms with Gasteiger partial charge in [0.2, 0.25) is 0 Å². The van der Waals surface area contributed by atoms with Gasteiger partial charge in [-0.25, -0.2) is 4.98 Å². The molecular weight excluding hydrogens is 226 g/mol. The average molecular weight is 251 g/mol. The fraction of sp³-hybridized carbons (Fsp3) is 0.786. The molecule has 0 radical (unpaired) electrons. The van der Waals surface area contributed by atoms with Gasteiger partial charge in [0.1, 0.15) is 6.26 Å². The van der Waals surface area contributed by atoms with Crippen molar-refractivity contribution in [1.82, 2.24) is 15.2 Å². The molecule has 102 valence electrons. The van der Waals surface area contributed by atoms with Gasteiger partial charge in [-0.3, -0.25) is 0 Å². The molecule has 1 fully saturated rings. The Kier molecular flexibility index (Phi) is 4.40. The Labute approximate surface area is 110 Å². The van der Waals surface area contributed by atoms with E-state index in [9.17, 15) is 0 Å². The summed E-state index contributed by atoms with van der Waals surface area (Å²) in [5, 5.41) is 3.19. The smallest absolute Gasteiger partial charge is 0.198 e. The van der Waals surface area contributed by atoms with E-state index in [4.69, 9.17) is 4.42 Å². The maximum absolute atomic E-state index is 5.68. The highest BCUT2D eigenvalue weighted by atomic mass is 16.3. The van der Waals surface area contributed by atoms with Crippen LogP contribution in [0.5, 0.6) is 0 Å². The molecule has 4 heteroatoms. The molecule has 18 heavy (non-hydrogen) atoms. The first-order valence-corrected chi connectivity index (χ1v) is 6.98. The monoisotopic (exact) mass is 251 g/mol. The Morgan fingerprint density at radius 3 is 2.89 bits per heavy atom. The minimum atomic E-state index is 0.257. The summed E-state index contributed by atoms with van der Waals surface area (Å²) in [6.45, 7) is 8.89. The first-order chi connectivity index (χ1) is 8.61. The Balaban J connectivity index is 2.04. The SMILES string of the molecule is CNC(C)c1coc(C2CCCN(C(C)C)C2)n1. The summed E-state index contributed by atoms with van der Waals surface area (Å²) in [6.07, 6.45) is 4.23. The highest BCUT2D eigenvalue weighted by Gasteiger charge is 2.26.